The molecule has 0 amide bonds. The van der Waals surface area contributed by atoms with Gasteiger partial charge in [0.2, 0.25) is 0 Å². The number of ether oxygens (including phenoxy) is 5. The lowest BCUT2D eigenvalue weighted by Crippen LogP contribution is -2.62. The lowest BCUT2D eigenvalue weighted by molar-refractivity contribution is -0.299. The molecule has 5 atom stereocenters. The van der Waals surface area contributed by atoms with Crippen molar-refractivity contribution in [3.8, 4) is 0 Å². The maximum Gasteiger partial charge on any atom is 0.303 e. The fourth-order valence-electron chi connectivity index (χ4n) is 2.25. The maximum absolute atomic E-state index is 11.4. The van der Waals surface area contributed by atoms with E-state index in [1.807, 2.05) is 0 Å². The number of aliphatic hydroxyl groups is 1. The van der Waals surface area contributed by atoms with E-state index in [-0.39, 0.29) is 13.2 Å². The molecule has 136 valence electrons. The molecule has 1 fully saturated rings. The fraction of sp³-hybridized carbons (Fsp3) is 0.667. The normalized spacial score (nSPS) is 29.4. The van der Waals surface area contributed by atoms with Crippen LogP contribution < -0.4 is 0 Å². The highest BCUT2D eigenvalue weighted by Gasteiger charge is 2.50. The van der Waals surface area contributed by atoms with Crippen molar-refractivity contribution in [2.75, 3.05) is 13.2 Å². The predicted octanol–water partition coefficient (Wildman–Crippen LogP) is -0.299. The quantitative estimate of drug-likeness (QED) is 0.376. The summed E-state index contributed by atoms with van der Waals surface area (Å²) in [5, 5.41) is 10.1. The lowest BCUT2D eigenvalue weighted by Gasteiger charge is -2.43. The van der Waals surface area contributed by atoms with Gasteiger partial charge in [0.15, 0.2) is 18.5 Å². The Hall–Kier alpha value is -1.97. The summed E-state index contributed by atoms with van der Waals surface area (Å²) < 4.78 is 25.9. The average molecular weight is 346 g/mol. The molecule has 0 saturated carbocycles. The van der Waals surface area contributed by atoms with Gasteiger partial charge in [0.25, 0.3) is 0 Å². The second-order valence-electron chi connectivity index (χ2n) is 5.10. The molecule has 1 saturated heterocycles. The number of carbonyl (C=O) groups excluding carboxylic acids is 3. The van der Waals surface area contributed by atoms with Gasteiger partial charge in [0.1, 0.15) is 18.8 Å². The molecule has 9 nitrogen and oxygen atoms in total. The summed E-state index contributed by atoms with van der Waals surface area (Å²) in [7, 11) is 0. The topological polar surface area (TPSA) is 118 Å². The van der Waals surface area contributed by atoms with E-state index in [4.69, 9.17) is 23.7 Å². The zero-order chi connectivity index (χ0) is 18.3. The molecule has 1 N–H and O–H groups in total. The average Bonchev–Trinajstić information content (AvgIpc) is 2.47. The van der Waals surface area contributed by atoms with Crippen LogP contribution >= 0.6 is 0 Å². The summed E-state index contributed by atoms with van der Waals surface area (Å²) in [5.74, 6) is -1.88. The van der Waals surface area contributed by atoms with Crippen LogP contribution in [0.15, 0.2) is 12.7 Å². The predicted molar refractivity (Wildman–Crippen MR) is 78.6 cm³/mol. The largest absolute Gasteiger partial charge is 0.463 e. The van der Waals surface area contributed by atoms with Gasteiger partial charge < -0.3 is 28.8 Å². The van der Waals surface area contributed by atoms with Crippen molar-refractivity contribution >= 4 is 17.9 Å². The van der Waals surface area contributed by atoms with Crippen LogP contribution in [0.4, 0.5) is 0 Å². The highest BCUT2D eigenvalue weighted by molar-refractivity contribution is 5.67. The van der Waals surface area contributed by atoms with E-state index in [9.17, 15) is 19.5 Å². The van der Waals surface area contributed by atoms with Gasteiger partial charge in [-0.3, -0.25) is 14.4 Å². The molecule has 0 aromatic rings. The smallest absolute Gasteiger partial charge is 0.303 e. The van der Waals surface area contributed by atoms with Crippen LogP contribution in [0.5, 0.6) is 0 Å². The lowest BCUT2D eigenvalue weighted by atomic mass is 9.98. The van der Waals surface area contributed by atoms with Gasteiger partial charge in [0, 0.05) is 20.8 Å². The van der Waals surface area contributed by atoms with Crippen LogP contribution in [0, 0.1) is 0 Å². The molecular weight excluding hydrogens is 324 g/mol. The Morgan fingerprint density at radius 3 is 2.12 bits per heavy atom. The molecule has 24 heavy (non-hydrogen) atoms. The molecule has 1 aliphatic heterocycles. The molecule has 0 aromatic carbocycles. The molecule has 0 aromatic heterocycles. The maximum atomic E-state index is 11.4. The fourth-order valence-corrected chi connectivity index (χ4v) is 2.25. The van der Waals surface area contributed by atoms with Gasteiger partial charge in [-0.15, -0.1) is 6.58 Å². The van der Waals surface area contributed by atoms with Gasteiger partial charge in [-0.25, -0.2) is 0 Å². The van der Waals surface area contributed by atoms with E-state index in [1.54, 1.807) is 0 Å². The summed E-state index contributed by atoms with van der Waals surface area (Å²) in [6.45, 7) is 6.82. The van der Waals surface area contributed by atoms with Crippen molar-refractivity contribution in [1.29, 1.82) is 0 Å². The number of hydrogen-bond acceptors (Lipinski definition) is 9. The Bertz CT molecular complexity index is 476. The molecule has 0 aliphatic carbocycles. The minimum atomic E-state index is -1.55. The molecule has 9 heteroatoms. The molecule has 1 rings (SSSR count). The highest BCUT2D eigenvalue weighted by Crippen LogP contribution is 2.28. The molecule has 0 radical (unpaired) electrons. The number of aliphatic hydroxyl groups excluding tert-OH is 1. The van der Waals surface area contributed by atoms with Crippen molar-refractivity contribution < 1.29 is 43.2 Å². The zero-order valence-corrected chi connectivity index (χ0v) is 13.8. The molecule has 1 aliphatic rings. The Kier molecular flexibility index (Phi) is 7.83. The third-order valence-corrected chi connectivity index (χ3v) is 3.07. The summed E-state index contributed by atoms with van der Waals surface area (Å²) in [6.07, 6.45) is -4.40. The molecule has 1 heterocycles. The van der Waals surface area contributed by atoms with Crippen molar-refractivity contribution in [2.24, 2.45) is 0 Å². The second kappa shape index (κ2) is 9.36. The van der Waals surface area contributed by atoms with Gasteiger partial charge in [-0.2, -0.15) is 0 Å². The van der Waals surface area contributed by atoms with Crippen LogP contribution in [0.25, 0.3) is 0 Å². The zero-order valence-electron chi connectivity index (χ0n) is 13.8. The number of rotatable bonds is 7. The second-order valence-corrected chi connectivity index (χ2v) is 5.10. The number of esters is 3. The summed E-state index contributed by atoms with van der Waals surface area (Å²) in [5.41, 5.74) is 0. The van der Waals surface area contributed by atoms with E-state index >= 15 is 0 Å². The van der Waals surface area contributed by atoms with Crippen molar-refractivity contribution in [3.63, 3.8) is 0 Å². The van der Waals surface area contributed by atoms with E-state index in [1.165, 1.54) is 19.9 Å². The monoisotopic (exact) mass is 346 g/mol. The van der Waals surface area contributed by atoms with Gasteiger partial charge >= 0.3 is 17.9 Å². The van der Waals surface area contributed by atoms with Gasteiger partial charge in [0.05, 0.1) is 6.61 Å². The third-order valence-electron chi connectivity index (χ3n) is 3.07. The van der Waals surface area contributed by atoms with E-state index < -0.39 is 48.6 Å². The van der Waals surface area contributed by atoms with Crippen molar-refractivity contribution in [2.45, 2.75) is 51.5 Å². The van der Waals surface area contributed by atoms with E-state index in [0.717, 1.165) is 6.92 Å². The van der Waals surface area contributed by atoms with Gasteiger partial charge in [-0.1, -0.05) is 6.08 Å². The summed E-state index contributed by atoms with van der Waals surface area (Å²) in [4.78, 5) is 33.7. The number of hydrogen-bond donors (Lipinski definition) is 1. The summed E-state index contributed by atoms with van der Waals surface area (Å²) >= 11 is 0. The Labute approximate surface area is 139 Å². The van der Waals surface area contributed by atoms with E-state index in [0.29, 0.717) is 0 Å². The van der Waals surface area contributed by atoms with Crippen LogP contribution in [-0.2, 0) is 38.1 Å². The first-order chi connectivity index (χ1) is 11.3. The highest BCUT2D eigenvalue weighted by atomic mass is 16.7. The number of carbonyl (C=O) groups is 3. The van der Waals surface area contributed by atoms with Gasteiger partial charge in [-0.05, 0) is 0 Å². The summed E-state index contributed by atoms with van der Waals surface area (Å²) in [6, 6.07) is 0. The first-order valence-electron chi connectivity index (χ1n) is 7.30. The minimum absolute atomic E-state index is 0.0488. The first-order valence-corrected chi connectivity index (χ1v) is 7.30. The first kappa shape index (κ1) is 20.1. The van der Waals surface area contributed by atoms with E-state index in [2.05, 4.69) is 6.58 Å². The molecule has 0 spiro atoms. The van der Waals surface area contributed by atoms with Crippen LogP contribution in [0.3, 0.4) is 0 Å². The van der Waals surface area contributed by atoms with Crippen LogP contribution in [-0.4, -0.2) is 66.9 Å². The molecular formula is C15H22O9. The Morgan fingerprint density at radius 2 is 1.62 bits per heavy atom. The van der Waals surface area contributed by atoms with Crippen molar-refractivity contribution in [1.82, 2.24) is 0 Å². The minimum Gasteiger partial charge on any atom is -0.463 e. The van der Waals surface area contributed by atoms with Crippen LogP contribution in [0.1, 0.15) is 20.8 Å². The Morgan fingerprint density at radius 1 is 1.04 bits per heavy atom. The van der Waals surface area contributed by atoms with Crippen LogP contribution in [0.2, 0.25) is 0 Å². The molecule has 1 unspecified atom stereocenters. The Balaban J connectivity index is 3.05. The molecule has 0 bridgehead atoms. The standard InChI is InChI=1S/C15H22O9/c1-5-6-20-13-12(22-9(3)17)11(7-21-8(2)16)24-15(19)14(13)23-10(4)18/h5,11-15,19H,1,6-7H2,2-4H3/t11-,12+,13+,14-,15?/m1/s1. The van der Waals surface area contributed by atoms with Crippen molar-refractivity contribution in [3.05, 3.63) is 12.7 Å². The SMILES string of the molecule is C=CCO[C@H]1[C@@H](OC(C)=O)[C@@H](COC(C)=O)OC(O)[C@@H]1OC(C)=O. The third kappa shape index (κ3) is 5.91.